The van der Waals surface area contributed by atoms with Crippen molar-refractivity contribution in [2.24, 2.45) is 23.7 Å². The zero-order valence-corrected chi connectivity index (χ0v) is 16.7. The molecule has 0 radical (unpaired) electrons. The summed E-state index contributed by atoms with van der Waals surface area (Å²) in [6, 6.07) is 0. The molecule has 0 unspecified atom stereocenters. The van der Waals surface area contributed by atoms with Crippen molar-refractivity contribution < 1.29 is 10.2 Å². The van der Waals surface area contributed by atoms with Gasteiger partial charge in [-0.25, -0.2) is 0 Å². The minimum atomic E-state index is -0.481. The first kappa shape index (κ1) is 21.2. The van der Waals surface area contributed by atoms with E-state index in [-0.39, 0.29) is 17.9 Å². The van der Waals surface area contributed by atoms with E-state index in [0.717, 1.165) is 25.8 Å². The maximum atomic E-state index is 10.5. The number of unbranched alkanes of at least 4 members (excludes halogenated alkanes) is 2. The fourth-order valence-corrected chi connectivity index (χ4v) is 4.51. The summed E-state index contributed by atoms with van der Waals surface area (Å²) in [5.41, 5.74) is 1.59. The maximum Gasteiger partial charge on any atom is 0.0755 e. The maximum absolute atomic E-state index is 10.5. The van der Waals surface area contributed by atoms with Crippen LogP contribution in [0, 0.1) is 35.5 Å². The van der Waals surface area contributed by atoms with Crippen LogP contribution in [0.3, 0.4) is 0 Å². The third kappa shape index (κ3) is 5.98. The Balaban J connectivity index is 1.87. The van der Waals surface area contributed by atoms with Crippen LogP contribution >= 0.6 is 0 Å². The van der Waals surface area contributed by atoms with Gasteiger partial charge in [-0.3, -0.25) is 0 Å². The minimum Gasteiger partial charge on any atom is -0.392 e. The molecule has 2 aliphatic carbocycles. The molecule has 0 aromatic heterocycles. The van der Waals surface area contributed by atoms with Gasteiger partial charge in [-0.05, 0) is 76.8 Å². The van der Waals surface area contributed by atoms with Gasteiger partial charge in [0.25, 0.3) is 0 Å². The number of fused-ring (bicyclic) bond motifs is 1. The van der Waals surface area contributed by atoms with E-state index in [0.29, 0.717) is 18.3 Å². The van der Waals surface area contributed by atoms with Crippen molar-refractivity contribution >= 4 is 0 Å². The van der Waals surface area contributed by atoms with Crippen LogP contribution in [0.1, 0.15) is 58.8 Å². The zero-order valence-electron chi connectivity index (χ0n) is 16.7. The van der Waals surface area contributed by atoms with Gasteiger partial charge in [-0.2, -0.15) is 0 Å². The molecule has 146 valence electrons. The molecule has 0 bridgehead atoms. The van der Waals surface area contributed by atoms with Crippen molar-refractivity contribution in [2.45, 2.75) is 71.0 Å². The third-order valence-corrected chi connectivity index (χ3v) is 6.14. The number of rotatable bonds is 9. The summed E-state index contributed by atoms with van der Waals surface area (Å²) in [6.45, 7) is 4.95. The predicted octanol–water partition coefficient (Wildman–Crippen LogP) is 3.68. The Morgan fingerprint density at radius 3 is 2.85 bits per heavy atom. The Labute approximate surface area is 160 Å². The van der Waals surface area contributed by atoms with Gasteiger partial charge < -0.3 is 15.5 Å². The average molecular weight is 360 g/mol. The SMILES string of the molecule is CC#CC[C@@H](C)[C@H](O)C=C[C@@H]1[C@H]2CC(=CCCCCNC)C[C@H]2C[C@H]1O. The Morgan fingerprint density at radius 1 is 1.31 bits per heavy atom. The molecule has 0 heterocycles. The summed E-state index contributed by atoms with van der Waals surface area (Å²) in [6.07, 6.45) is 13.2. The fraction of sp³-hybridized carbons (Fsp3) is 0.739. The Morgan fingerprint density at radius 2 is 2.12 bits per heavy atom. The van der Waals surface area contributed by atoms with Crippen molar-refractivity contribution in [3.8, 4) is 11.8 Å². The van der Waals surface area contributed by atoms with Crippen LogP contribution in [0.15, 0.2) is 23.8 Å². The molecule has 6 atom stereocenters. The Bertz CT molecular complexity index is 542. The van der Waals surface area contributed by atoms with Crippen LogP contribution in [-0.2, 0) is 0 Å². The Kier molecular flexibility index (Phi) is 8.91. The molecule has 0 aliphatic heterocycles. The molecule has 0 amide bonds. The molecule has 0 aromatic carbocycles. The van der Waals surface area contributed by atoms with E-state index in [9.17, 15) is 10.2 Å². The molecule has 3 N–H and O–H groups in total. The second-order valence-corrected chi connectivity index (χ2v) is 8.16. The lowest BCUT2D eigenvalue weighted by Crippen LogP contribution is -2.19. The van der Waals surface area contributed by atoms with Gasteiger partial charge in [0.1, 0.15) is 0 Å². The smallest absolute Gasteiger partial charge is 0.0755 e. The monoisotopic (exact) mass is 359 g/mol. The second kappa shape index (κ2) is 10.9. The number of hydrogen-bond acceptors (Lipinski definition) is 3. The molecule has 0 saturated heterocycles. The first-order valence-electron chi connectivity index (χ1n) is 10.3. The van der Waals surface area contributed by atoms with Gasteiger partial charge in [-0.15, -0.1) is 11.8 Å². The van der Waals surface area contributed by atoms with E-state index in [1.165, 1.54) is 19.3 Å². The topological polar surface area (TPSA) is 52.5 Å². The number of aliphatic hydroxyl groups is 2. The van der Waals surface area contributed by atoms with Crippen molar-refractivity contribution in [3.63, 3.8) is 0 Å². The molecule has 0 aromatic rings. The number of allylic oxidation sites excluding steroid dienone is 2. The molecule has 3 heteroatoms. The number of aliphatic hydroxyl groups excluding tert-OH is 2. The van der Waals surface area contributed by atoms with E-state index in [2.05, 4.69) is 29.3 Å². The minimum absolute atomic E-state index is 0.129. The van der Waals surface area contributed by atoms with Crippen LogP contribution < -0.4 is 5.32 Å². The van der Waals surface area contributed by atoms with Gasteiger partial charge in [-0.1, -0.05) is 30.7 Å². The van der Waals surface area contributed by atoms with Crippen LogP contribution in [0.25, 0.3) is 0 Å². The average Bonchev–Trinajstić information content (AvgIpc) is 3.13. The van der Waals surface area contributed by atoms with E-state index >= 15 is 0 Å². The molecule has 2 saturated carbocycles. The molecule has 0 spiro atoms. The third-order valence-electron chi connectivity index (χ3n) is 6.14. The predicted molar refractivity (Wildman–Crippen MR) is 109 cm³/mol. The van der Waals surface area contributed by atoms with E-state index in [4.69, 9.17) is 0 Å². The standard InChI is InChI=1S/C23H37NO2/c1-4-5-9-17(2)22(25)12-11-20-21-15-18(10-7-6-8-13-24-3)14-19(21)16-23(20)26/h10-12,17,19-26H,6-9,13-16H2,1-3H3/t17-,19+,20-,21+,22-,23-/m1/s1. The van der Waals surface area contributed by atoms with E-state index in [1.807, 2.05) is 27.0 Å². The summed E-state index contributed by atoms with van der Waals surface area (Å²) in [4.78, 5) is 0. The lowest BCUT2D eigenvalue weighted by molar-refractivity contribution is 0.137. The summed E-state index contributed by atoms with van der Waals surface area (Å²) >= 11 is 0. The van der Waals surface area contributed by atoms with Crippen molar-refractivity contribution in [1.82, 2.24) is 5.32 Å². The van der Waals surface area contributed by atoms with Crippen molar-refractivity contribution in [2.75, 3.05) is 13.6 Å². The highest BCUT2D eigenvalue weighted by atomic mass is 16.3. The Hall–Kier alpha value is -1.08. The fourth-order valence-electron chi connectivity index (χ4n) is 4.51. The highest BCUT2D eigenvalue weighted by Gasteiger charge is 2.44. The molecule has 2 fully saturated rings. The summed E-state index contributed by atoms with van der Waals surface area (Å²) < 4.78 is 0. The molecular formula is C23H37NO2. The zero-order chi connectivity index (χ0) is 18.9. The van der Waals surface area contributed by atoms with Gasteiger partial charge >= 0.3 is 0 Å². The van der Waals surface area contributed by atoms with Gasteiger partial charge in [0, 0.05) is 12.3 Å². The highest BCUT2D eigenvalue weighted by molar-refractivity contribution is 5.18. The number of nitrogens with one attached hydrogen (secondary N) is 1. The van der Waals surface area contributed by atoms with Crippen molar-refractivity contribution in [1.29, 1.82) is 0 Å². The lowest BCUT2D eigenvalue weighted by Gasteiger charge is -2.19. The number of hydrogen-bond donors (Lipinski definition) is 3. The molecule has 2 aliphatic rings. The highest BCUT2D eigenvalue weighted by Crippen LogP contribution is 2.50. The van der Waals surface area contributed by atoms with Crippen molar-refractivity contribution in [3.05, 3.63) is 23.8 Å². The summed E-state index contributed by atoms with van der Waals surface area (Å²) in [5, 5.41) is 24.0. The first-order valence-corrected chi connectivity index (χ1v) is 10.3. The molecule has 2 rings (SSSR count). The van der Waals surface area contributed by atoms with Crippen LogP contribution in [0.2, 0.25) is 0 Å². The summed E-state index contributed by atoms with van der Waals surface area (Å²) in [5.74, 6) is 7.40. The normalized spacial score (nSPS) is 31.8. The van der Waals surface area contributed by atoms with Gasteiger partial charge in [0.2, 0.25) is 0 Å². The van der Waals surface area contributed by atoms with Gasteiger partial charge in [0.15, 0.2) is 0 Å². The second-order valence-electron chi connectivity index (χ2n) is 8.16. The van der Waals surface area contributed by atoms with Crippen LogP contribution in [0.4, 0.5) is 0 Å². The van der Waals surface area contributed by atoms with Crippen LogP contribution in [-0.4, -0.2) is 36.0 Å². The quantitative estimate of drug-likeness (QED) is 0.334. The van der Waals surface area contributed by atoms with E-state index < -0.39 is 6.10 Å². The molecule has 3 nitrogen and oxygen atoms in total. The molecular weight excluding hydrogens is 322 g/mol. The largest absolute Gasteiger partial charge is 0.392 e. The van der Waals surface area contributed by atoms with Crippen LogP contribution in [0.5, 0.6) is 0 Å². The first-order chi connectivity index (χ1) is 12.6. The van der Waals surface area contributed by atoms with E-state index in [1.54, 1.807) is 5.57 Å². The van der Waals surface area contributed by atoms with Gasteiger partial charge in [0.05, 0.1) is 12.2 Å². The summed E-state index contributed by atoms with van der Waals surface area (Å²) in [7, 11) is 2.00. The molecule has 26 heavy (non-hydrogen) atoms. The lowest BCUT2D eigenvalue weighted by atomic mass is 9.89.